The number of hydrogen-bond donors (Lipinski definition) is 0. The topological polar surface area (TPSA) is 68.6 Å². The number of amides is 1. The number of rotatable bonds is 8. The second kappa shape index (κ2) is 10.6. The summed E-state index contributed by atoms with van der Waals surface area (Å²) in [5, 5.41) is 0.755. The van der Waals surface area contributed by atoms with Gasteiger partial charge in [0.1, 0.15) is 18.1 Å². The van der Waals surface area contributed by atoms with Gasteiger partial charge in [-0.25, -0.2) is 4.39 Å². The van der Waals surface area contributed by atoms with Crippen LogP contribution in [0.5, 0.6) is 5.75 Å². The zero-order valence-electron chi connectivity index (χ0n) is 19.9. The smallest absolute Gasteiger partial charge is 0.243 e. The Hall–Kier alpha value is -3.19. The van der Waals surface area contributed by atoms with Crippen LogP contribution in [-0.2, 0) is 22.6 Å². The van der Waals surface area contributed by atoms with Crippen molar-refractivity contribution < 1.29 is 23.5 Å². The first-order valence-electron chi connectivity index (χ1n) is 11.7. The van der Waals surface area contributed by atoms with Gasteiger partial charge in [-0.05, 0) is 62.4 Å². The second-order valence-electron chi connectivity index (χ2n) is 8.89. The fourth-order valence-electron chi connectivity index (χ4n) is 4.78. The Kier molecular flexibility index (Phi) is 7.55. The summed E-state index contributed by atoms with van der Waals surface area (Å²) in [5.74, 6) is -0.240. The summed E-state index contributed by atoms with van der Waals surface area (Å²) >= 11 is 5.86. The van der Waals surface area contributed by atoms with Crippen LogP contribution >= 0.6 is 11.6 Å². The summed E-state index contributed by atoms with van der Waals surface area (Å²) in [4.78, 5) is 40.3. The van der Waals surface area contributed by atoms with Gasteiger partial charge >= 0.3 is 0 Å². The van der Waals surface area contributed by atoms with Crippen LogP contribution in [-0.4, -0.2) is 46.6 Å². The van der Waals surface area contributed by atoms with Crippen molar-refractivity contribution >= 4 is 40.0 Å². The van der Waals surface area contributed by atoms with Gasteiger partial charge in [-0.1, -0.05) is 23.7 Å². The van der Waals surface area contributed by atoms with Crippen LogP contribution < -0.4 is 4.74 Å². The molecule has 1 aliphatic rings. The van der Waals surface area contributed by atoms with Crippen LogP contribution in [0.2, 0.25) is 5.02 Å². The fourth-order valence-corrected chi connectivity index (χ4v) is 4.98. The Labute approximate surface area is 208 Å². The van der Waals surface area contributed by atoms with Crippen LogP contribution in [0.1, 0.15) is 48.5 Å². The first-order chi connectivity index (χ1) is 16.8. The van der Waals surface area contributed by atoms with Gasteiger partial charge in [0.25, 0.3) is 0 Å². The first-order valence-corrected chi connectivity index (χ1v) is 12.1. The lowest BCUT2D eigenvalue weighted by Crippen LogP contribution is -2.49. The summed E-state index contributed by atoms with van der Waals surface area (Å²) in [7, 11) is 1.56. The quantitative estimate of drug-likeness (QED) is 0.399. The van der Waals surface area contributed by atoms with Crippen LogP contribution in [0, 0.1) is 5.82 Å². The molecule has 2 heterocycles. The highest BCUT2D eigenvalue weighted by atomic mass is 35.5. The molecule has 3 aromatic rings. The highest BCUT2D eigenvalue weighted by molar-refractivity contribution is 6.30. The van der Waals surface area contributed by atoms with E-state index in [2.05, 4.69) is 0 Å². The largest absolute Gasteiger partial charge is 0.497 e. The van der Waals surface area contributed by atoms with Gasteiger partial charge in [0, 0.05) is 35.6 Å². The molecule has 0 spiro atoms. The number of carbonyl (C=O) groups is 3. The summed E-state index contributed by atoms with van der Waals surface area (Å²) in [6, 6.07) is 9.62. The third-order valence-corrected chi connectivity index (χ3v) is 6.93. The van der Waals surface area contributed by atoms with E-state index in [1.165, 1.54) is 13.0 Å². The Bertz CT molecular complexity index is 1290. The molecular weight excluding hydrogens is 471 g/mol. The number of nitrogens with zero attached hydrogens (tertiary/aromatic N) is 2. The molecule has 0 N–H and O–H groups in total. The molecule has 2 aromatic carbocycles. The second-order valence-corrected chi connectivity index (χ2v) is 9.30. The Morgan fingerprint density at radius 3 is 2.71 bits per heavy atom. The lowest BCUT2D eigenvalue weighted by Gasteiger charge is -2.35. The minimum Gasteiger partial charge on any atom is -0.497 e. The zero-order chi connectivity index (χ0) is 25.1. The van der Waals surface area contributed by atoms with Crippen LogP contribution in [0.25, 0.3) is 10.9 Å². The summed E-state index contributed by atoms with van der Waals surface area (Å²) in [6.07, 6.45) is 4.31. The Balaban J connectivity index is 1.52. The molecule has 0 bridgehead atoms. The summed E-state index contributed by atoms with van der Waals surface area (Å²) in [5.41, 5.74) is 1.66. The average molecular weight is 499 g/mol. The van der Waals surface area contributed by atoms with Gasteiger partial charge in [0.05, 0.1) is 18.2 Å². The van der Waals surface area contributed by atoms with E-state index in [4.69, 9.17) is 16.3 Å². The molecule has 1 aliphatic heterocycles. The third kappa shape index (κ3) is 5.25. The molecule has 1 atom stereocenters. The maximum Gasteiger partial charge on any atom is 0.243 e. The van der Waals surface area contributed by atoms with Crippen molar-refractivity contribution in [2.75, 3.05) is 13.7 Å². The molecule has 35 heavy (non-hydrogen) atoms. The predicted octanol–water partition coefficient (Wildman–Crippen LogP) is 5.23. The molecule has 6 nitrogen and oxygen atoms in total. The number of Topliss-reactive ketones (excluding diaryl/α,β-unsaturated/α-hetero) is 2. The van der Waals surface area contributed by atoms with Crippen molar-refractivity contribution in [1.29, 1.82) is 0 Å². The number of ether oxygens (including phenoxy) is 1. The van der Waals surface area contributed by atoms with Gasteiger partial charge in [-0.2, -0.15) is 0 Å². The number of benzene rings is 2. The highest BCUT2D eigenvalue weighted by Crippen LogP contribution is 2.28. The van der Waals surface area contributed by atoms with E-state index in [-0.39, 0.29) is 41.9 Å². The van der Waals surface area contributed by atoms with E-state index >= 15 is 0 Å². The molecular formula is C27H28ClFN2O4. The van der Waals surface area contributed by atoms with E-state index in [0.717, 1.165) is 23.7 Å². The normalized spacial score (nSPS) is 15.9. The molecule has 1 saturated heterocycles. The van der Waals surface area contributed by atoms with Crippen molar-refractivity contribution in [2.45, 2.75) is 51.6 Å². The molecule has 184 valence electrons. The Morgan fingerprint density at radius 1 is 1.17 bits per heavy atom. The van der Waals surface area contributed by atoms with Gasteiger partial charge in [-0.3, -0.25) is 14.4 Å². The lowest BCUT2D eigenvalue weighted by molar-refractivity contribution is -0.141. The number of likely N-dealkylation sites (tertiary alicyclic amines) is 1. The predicted molar refractivity (Wildman–Crippen MR) is 133 cm³/mol. The lowest BCUT2D eigenvalue weighted by atomic mass is 9.94. The first kappa shape index (κ1) is 24.9. The number of ketones is 2. The minimum absolute atomic E-state index is 0.0167. The monoisotopic (exact) mass is 498 g/mol. The number of methoxy groups -OCH3 is 1. The standard InChI is InChI=1S/C27H28ClFN2O4/c1-17(32)21-15-30(23-11-10-19(35-2)14-20(21)23)16-26(34)31-13-4-3-8-24(31)25(33)12-9-18-6-5-7-22(28)27(18)29/h5-7,10-11,14-15,24H,3-4,8-9,12-13,16H2,1-2H3/t24-/m0/s1. The van der Waals surface area contributed by atoms with Crippen LogP contribution in [0.3, 0.4) is 0 Å². The minimum atomic E-state index is -0.535. The number of aryl methyl sites for hydroxylation is 1. The van der Waals surface area contributed by atoms with E-state index in [1.807, 2.05) is 6.07 Å². The van der Waals surface area contributed by atoms with Gasteiger partial charge in [0.2, 0.25) is 5.91 Å². The van der Waals surface area contributed by atoms with E-state index in [1.54, 1.807) is 47.0 Å². The zero-order valence-corrected chi connectivity index (χ0v) is 20.6. The van der Waals surface area contributed by atoms with Gasteiger partial charge in [-0.15, -0.1) is 0 Å². The number of halogens is 2. The molecule has 1 fully saturated rings. The van der Waals surface area contributed by atoms with Crippen molar-refractivity contribution in [1.82, 2.24) is 9.47 Å². The number of aromatic nitrogens is 1. The number of piperidine rings is 1. The van der Waals surface area contributed by atoms with Gasteiger partial charge in [0.15, 0.2) is 11.6 Å². The number of carbonyl (C=O) groups excluding carboxylic acids is 3. The molecule has 8 heteroatoms. The van der Waals surface area contributed by atoms with E-state index < -0.39 is 11.9 Å². The van der Waals surface area contributed by atoms with Crippen LogP contribution in [0.15, 0.2) is 42.6 Å². The summed E-state index contributed by atoms with van der Waals surface area (Å²) < 4.78 is 21.3. The van der Waals surface area contributed by atoms with Crippen molar-refractivity contribution in [2.24, 2.45) is 0 Å². The summed E-state index contributed by atoms with van der Waals surface area (Å²) in [6.45, 7) is 2.00. The highest BCUT2D eigenvalue weighted by Gasteiger charge is 2.32. The molecule has 0 radical (unpaired) electrons. The van der Waals surface area contributed by atoms with E-state index in [0.29, 0.717) is 29.8 Å². The molecule has 0 aliphatic carbocycles. The van der Waals surface area contributed by atoms with Crippen molar-refractivity contribution in [3.63, 3.8) is 0 Å². The maximum atomic E-state index is 14.2. The Morgan fingerprint density at radius 2 is 1.97 bits per heavy atom. The maximum absolute atomic E-state index is 14.2. The van der Waals surface area contributed by atoms with Crippen molar-refractivity contribution in [3.05, 3.63) is 64.6 Å². The number of hydrogen-bond acceptors (Lipinski definition) is 4. The third-order valence-electron chi connectivity index (χ3n) is 6.64. The molecule has 1 amide bonds. The van der Waals surface area contributed by atoms with E-state index in [9.17, 15) is 18.8 Å². The van der Waals surface area contributed by atoms with Crippen LogP contribution in [0.4, 0.5) is 4.39 Å². The van der Waals surface area contributed by atoms with Crippen molar-refractivity contribution in [3.8, 4) is 5.75 Å². The fraction of sp³-hybridized carbons (Fsp3) is 0.370. The molecule has 0 unspecified atom stereocenters. The van der Waals surface area contributed by atoms with Gasteiger partial charge < -0.3 is 14.2 Å². The SMILES string of the molecule is COc1ccc2c(c1)c(C(C)=O)cn2CC(=O)N1CCCC[C@H]1C(=O)CCc1cccc(Cl)c1F. The molecule has 4 rings (SSSR count). The average Bonchev–Trinajstić information content (AvgIpc) is 3.22. The molecule has 0 saturated carbocycles. The number of fused-ring (bicyclic) bond motifs is 1. The molecule has 1 aromatic heterocycles.